The summed E-state index contributed by atoms with van der Waals surface area (Å²) in [6.07, 6.45) is 5.09. The number of carbonyl (C=O) groups excluding carboxylic acids is 1. The molecule has 0 unspecified atom stereocenters. The second-order valence-corrected chi connectivity index (χ2v) is 4.99. The van der Waals surface area contributed by atoms with Crippen molar-refractivity contribution >= 4 is 21.7 Å². The van der Waals surface area contributed by atoms with E-state index in [2.05, 4.69) is 22.9 Å². The van der Waals surface area contributed by atoms with Crippen LogP contribution in [0.2, 0.25) is 0 Å². The van der Waals surface area contributed by atoms with Crippen molar-refractivity contribution in [3.8, 4) is 5.75 Å². The molecule has 0 amide bonds. The molecule has 0 aliphatic rings. The first kappa shape index (κ1) is 14.2. The highest BCUT2D eigenvalue weighted by Gasteiger charge is 2.11. The van der Waals surface area contributed by atoms with E-state index in [0.717, 1.165) is 17.3 Å². The van der Waals surface area contributed by atoms with Gasteiger partial charge in [-0.1, -0.05) is 42.1 Å². The lowest BCUT2D eigenvalue weighted by molar-refractivity contribution is 0.0976. The van der Waals surface area contributed by atoms with Gasteiger partial charge in [-0.25, -0.2) is 0 Å². The van der Waals surface area contributed by atoms with Gasteiger partial charge < -0.3 is 4.74 Å². The van der Waals surface area contributed by atoms with Crippen LogP contribution in [0, 0.1) is 0 Å². The summed E-state index contributed by atoms with van der Waals surface area (Å²) in [7, 11) is 1.59. The summed E-state index contributed by atoms with van der Waals surface area (Å²) in [5.41, 5.74) is 0.687. The van der Waals surface area contributed by atoms with Gasteiger partial charge >= 0.3 is 0 Å². The first-order valence-corrected chi connectivity index (χ1v) is 6.85. The maximum atomic E-state index is 12.0. The zero-order valence-corrected chi connectivity index (χ0v) is 12.0. The molecule has 1 aromatic carbocycles. The maximum Gasteiger partial charge on any atom is 0.166 e. The summed E-state index contributed by atoms with van der Waals surface area (Å²) in [6.45, 7) is 2.17. The molecule has 0 aliphatic heterocycles. The van der Waals surface area contributed by atoms with E-state index in [0.29, 0.717) is 17.7 Å². The highest BCUT2D eigenvalue weighted by molar-refractivity contribution is 9.10. The highest BCUT2D eigenvalue weighted by Crippen LogP contribution is 2.25. The fraction of sp³-hybridized carbons (Fsp3) is 0.500. The van der Waals surface area contributed by atoms with Crippen molar-refractivity contribution < 1.29 is 9.53 Å². The molecule has 94 valence electrons. The van der Waals surface area contributed by atoms with Crippen LogP contribution in [0.4, 0.5) is 0 Å². The fourth-order valence-corrected chi connectivity index (χ4v) is 2.08. The lowest BCUT2D eigenvalue weighted by Gasteiger charge is -2.08. The fourth-order valence-electron chi connectivity index (χ4n) is 1.74. The summed E-state index contributed by atoms with van der Waals surface area (Å²) in [5.74, 6) is 0.824. The first-order valence-electron chi connectivity index (χ1n) is 6.05. The Hall–Kier alpha value is -0.830. The largest absolute Gasteiger partial charge is 0.496 e. The molecule has 0 N–H and O–H groups in total. The minimum Gasteiger partial charge on any atom is -0.496 e. The predicted molar refractivity (Wildman–Crippen MR) is 73.8 cm³/mol. The Labute approximate surface area is 111 Å². The minimum atomic E-state index is 0.172. The number of Topliss-reactive ketones (excluding diaryl/α,β-unsaturated/α-hetero) is 1. The zero-order chi connectivity index (χ0) is 12.7. The molecule has 0 fully saturated rings. The molecule has 3 heteroatoms. The minimum absolute atomic E-state index is 0.172. The molecule has 1 aromatic rings. The quantitative estimate of drug-likeness (QED) is 0.543. The van der Waals surface area contributed by atoms with E-state index >= 15 is 0 Å². The molecule has 0 aliphatic carbocycles. The SMILES string of the molecule is CCCCCCC(=O)c1ccc(Br)cc1OC. The summed E-state index contributed by atoms with van der Waals surface area (Å²) in [5, 5.41) is 0. The number of rotatable bonds is 7. The molecule has 0 saturated heterocycles. The van der Waals surface area contributed by atoms with E-state index in [4.69, 9.17) is 4.74 Å². The van der Waals surface area contributed by atoms with Crippen molar-refractivity contribution in [1.29, 1.82) is 0 Å². The van der Waals surface area contributed by atoms with E-state index in [-0.39, 0.29) is 5.78 Å². The van der Waals surface area contributed by atoms with Crippen molar-refractivity contribution in [1.82, 2.24) is 0 Å². The Bertz CT molecular complexity index is 374. The van der Waals surface area contributed by atoms with Gasteiger partial charge in [0, 0.05) is 10.9 Å². The van der Waals surface area contributed by atoms with Gasteiger partial charge in [-0.2, -0.15) is 0 Å². The summed E-state index contributed by atoms with van der Waals surface area (Å²) < 4.78 is 6.15. The topological polar surface area (TPSA) is 26.3 Å². The van der Waals surface area contributed by atoms with Gasteiger partial charge in [-0.15, -0.1) is 0 Å². The lowest BCUT2D eigenvalue weighted by Crippen LogP contribution is -2.02. The number of ketones is 1. The Morgan fingerprint density at radius 3 is 2.71 bits per heavy atom. The van der Waals surface area contributed by atoms with Crippen LogP contribution in [0.5, 0.6) is 5.75 Å². The van der Waals surface area contributed by atoms with E-state index in [1.165, 1.54) is 12.8 Å². The lowest BCUT2D eigenvalue weighted by atomic mass is 10.0. The third kappa shape index (κ3) is 4.50. The van der Waals surface area contributed by atoms with Gasteiger partial charge in [0.05, 0.1) is 12.7 Å². The third-order valence-corrected chi connectivity index (χ3v) is 3.21. The van der Waals surface area contributed by atoms with Crippen LogP contribution in [0.1, 0.15) is 49.4 Å². The van der Waals surface area contributed by atoms with Gasteiger partial charge in [0.25, 0.3) is 0 Å². The number of hydrogen-bond donors (Lipinski definition) is 0. The van der Waals surface area contributed by atoms with E-state index in [9.17, 15) is 4.79 Å². The Kier molecular flexibility index (Phi) is 6.27. The predicted octanol–water partition coefficient (Wildman–Crippen LogP) is 4.61. The molecule has 0 spiro atoms. The number of benzene rings is 1. The van der Waals surface area contributed by atoms with Crippen LogP contribution in [-0.2, 0) is 0 Å². The Morgan fingerprint density at radius 1 is 1.29 bits per heavy atom. The van der Waals surface area contributed by atoms with Gasteiger partial charge in [0.1, 0.15) is 5.75 Å². The van der Waals surface area contributed by atoms with Crippen LogP contribution < -0.4 is 4.74 Å². The second-order valence-electron chi connectivity index (χ2n) is 4.08. The number of halogens is 1. The van der Waals surface area contributed by atoms with E-state index in [1.54, 1.807) is 7.11 Å². The summed E-state index contributed by atoms with van der Waals surface area (Å²) >= 11 is 3.37. The summed E-state index contributed by atoms with van der Waals surface area (Å²) in [4.78, 5) is 12.0. The molecule has 2 nitrogen and oxygen atoms in total. The normalized spacial score (nSPS) is 10.3. The second kappa shape index (κ2) is 7.49. The number of carbonyl (C=O) groups is 1. The molecule has 0 atom stereocenters. The molecular formula is C14H19BrO2. The van der Waals surface area contributed by atoms with E-state index in [1.807, 2.05) is 18.2 Å². The smallest absolute Gasteiger partial charge is 0.166 e. The molecule has 17 heavy (non-hydrogen) atoms. The highest BCUT2D eigenvalue weighted by atomic mass is 79.9. The van der Waals surface area contributed by atoms with Crippen molar-refractivity contribution in [2.45, 2.75) is 39.0 Å². The van der Waals surface area contributed by atoms with Gasteiger partial charge in [0.15, 0.2) is 5.78 Å². The van der Waals surface area contributed by atoms with Crippen LogP contribution in [-0.4, -0.2) is 12.9 Å². The first-order chi connectivity index (χ1) is 8.19. The molecular weight excluding hydrogens is 280 g/mol. The van der Waals surface area contributed by atoms with Crippen molar-refractivity contribution in [2.24, 2.45) is 0 Å². The van der Waals surface area contributed by atoms with Crippen LogP contribution in [0.25, 0.3) is 0 Å². The van der Waals surface area contributed by atoms with Gasteiger partial charge in [-0.05, 0) is 24.6 Å². The van der Waals surface area contributed by atoms with Gasteiger partial charge in [-0.3, -0.25) is 4.79 Å². The molecule has 0 bridgehead atoms. The zero-order valence-electron chi connectivity index (χ0n) is 10.5. The van der Waals surface area contributed by atoms with Crippen molar-refractivity contribution in [3.63, 3.8) is 0 Å². The average Bonchev–Trinajstić information content (AvgIpc) is 2.34. The maximum absolute atomic E-state index is 12.0. The van der Waals surface area contributed by atoms with Crippen molar-refractivity contribution in [3.05, 3.63) is 28.2 Å². The summed E-state index contributed by atoms with van der Waals surface area (Å²) in [6, 6.07) is 5.53. The molecule has 1 rings (SSSR count). The molecule has 0 radical (unpaired) electrons. The van der Waals surface area contributed by atoms with Crippen molar-refractivity contribution in [2.75, 3.05) is 7.11 Å². The van der Waals surface area contributed by atoms with Crippen LogP contribution >= 0.6 is 15.9 Å². The monoisotopic (exact) mass is 298 g/mol. The van der Waals surface area contributed by atoms with Crippen LogP contribution in [0.3, 0.4) is 0 Å². The number of hydrogen-bond acceptors (Lipinski definition) is 2. The average molecular weight is 299 g/mol. The van der Waals surface area contributed by atoms with Crippen LogP contribution in [0.15, 0.2) is 22.7 Å². The molecule has 0 aromatic heterocycles. The molecule has 0 heterocycles. The van der Waals surface area contributed by atoms with E-state index < -0.39 is 0 Å². The third-order valence-electron chi connectivity index (χ3n) is 2.72. The number of ether oxygens (including phenoxy) is 1. The standard InChI is InChI=1S/C14H19BrO2/c1-3-4-5-6-7-13(16)12-9-8-11(15)10-14(12)17-2/h8-10H,3-7H2,1-2H3. The molecule has 0 saturated carbocycles. The number of methoxy groups -OCH3 is 1. The Balaban J connectivity index is 2.62. The van der Waals surface area contributed by atoms with Gasteiger partial charge in [0.2, 0.25) is 0 Å². The number of unbranched alkanes of at least 4 members (excludes halogenated alkanes) is 3. The Morgan fingerprint density at radius 2 is 2.06 bits per heavy atom.